The van der Waals surface area contributed by atoms with Crippen molar-refractivity contribution in [2.24, 2.45) is 16.0 Å². The van der Waals surface area contributed by atoms with Crippen molar-refractivity contribution in [3.8, 4) is 11.5 Å². The monoisotopic (exact) mass is 585 g/mol. The second kappa shape index (κ2) is 10.2. The third kappa shape index (κ3) is 5.73. The molecule has 0 aromatic heterocycles. The molecule has 0 radical (unpaired) electrons. The Morgan fingerprint density at radius 3 is 2.03 bits per heavy atom. The normalized spacial score (nSPS) is 13.3. The summed E-state index contributed by atoms with van der Waals surface area (Å²) in [5.41, 5.74) is 5.36. The lowest BCUT2D eigenvalue weighted by Gasteiger charge is -2.12. The number of aromatic hydroxyl groups is 2. The van der Waals surface area contributed by atoms with E-state index in [4.69, 9.17) is 5.73 Å². The molecule has 202 valence electrons. The number of azo groups is 1. The number of hydrogen-bond donors (Lipinski definition) is 6. The summed E-state index contributed by atoms with van der Waals surface area (Å²) in [6.07, 6.45) is 2.46. The summed E-state index contributed by atoms with van der Waals surface area (Å²) < 4.78 is 98.7. The van der Waals surface area contributed by atoms with Crippen molar-refractivity contribution in [2.75, 3.05) is 0 Å². The maximum atomic E-state index is 11.8. The summed E-state index contributed by atoms with van der Waals surface area (Å²) in [5, 5.41) is 27.7. The third-order valence-corrected chi connectivity index (χ3v) is 7.73. The van der Waals surface area contributed by atoms with Gasteiger partial charge in [-0.25, -0.2) is 0 Å². The highest BCUT2D eigenvalue weighted by atomic mass is 32.2. The quantitative estimate of drug-likeness (QED) is 0.127. The van der Waals surface area contributed by atoms with Crippen molar-refractivity contribution >= 4 is 52.5 Å². The molecule has 0 spiro atoms. The van der Waals surface area contributed by atoms with Crippen LogP contribution in [0.5, 0.6) is 11.5 Å². The maximum absolute atomic E-state index is 11.8. The van der Waals surface area contributed by atoms with Gasteiger partial charge in [-0.15, -0.1) is 10.2 Å². The van der Waals surface area contributed by atoms with Crippen LogP contribution in [0, 0.1) is 0 Å². The molecule has 7 N–H and O–H groups in total. The average molecular weight is 586 g/mol. The van der Waals surface area contributed by atoms with Crippen molar-refractivity contribution < 1.29 is 49.1 Å². The molecule has 0 aliphatic carbocycles. The van der Waals surface area contributed by atoms with Gasteiger partial charge in [0.25, 0.3) is 30.4 Å². The minimum atomic E-state index is -5.08. The first-order valence-corrected chi connectivity index (χ1v) is 14.3. The predicted octanol–water partition coefficient (Wildman–Crippen LogP) is 2.76. The highest BCUT2D eigenvalue weighted by Gasteiger charge is 2.26. The van der Waals surface area contributed by atoms with E-state index in [1.165, 1.54) is 18.2 Å². The van der Waals surface area contributed by atoms with Gasteiger partial charge in [-0.1, -0.05) is 18.7 Å². The summed E-state index contributed by atoms with van der Waals surface area (Å²) in [6, 6.07) is 5.51. The van der Waals surface area contributed by atoms with Gasteiger partial charge >= 0.3 is 0 Å². The molecular formula is C21H19N3O11S3. The van der Waals surface area contributed by atoms with E-state index < -0.39 is 73.0 Å². The van der Waals surface area contributed by atoms with Crippen molar-refractivity contribution in [1.82, 2.24) is 0 Å². The van der Waals surface area contributed by atoms with Crippen molar-refractivity contribution in [2.45, 2.75) is 21.2 Å². The number of allylic oxidation sites excluding steroid dienone is 2. The smallest absolute Gasteiger partial charge is 0.298 e. The summed E-state index contributed by atoms with van der Waals surface area (Å²) in [7, 11) is -14.7. The molecular weight excluding hydrogens is 566 g/mol. The average Bonchev–Trinajstić information content (AvgIpc) is 2.80. The van der Waals surface area contributed by atoms with E-state index in [9.17, 15) is 49.1 Å². The molecule has 0 saturated carbocycles. The van der Waals surface area contributed by atoms with Crippen LogP contribution in [0.15, 0.2) is 80.0 Å². The Balaban J connectivity index is 2.40. The van der Waals surface area contributed by atoms with Crippen LogP contribution in [0.4, 0.5) is 5.69 Å². The Hall–Kier alpha value is -3.71. The van der Waals surface area contributed by atoms with Gasteiger partial charge in [0.15, 0.2) is 0 Å². The van der Waals surface area contributed by atoms with E-state index in [1.54, 1.807) is 0 Å². The van der Waals surface area contributed by atoms with E-state index >= 15 is 0 Å². The molecule has 3 rings (SSSR count). The molecule has 17 heteroatoms. The molecule has 14 nitrogen and oxygen atoms in total. The molecule has 0 aliphatic heterocycles. The molecule has 0 unspecified atom stereocenters. The summed E-state index contributed by atoms with van der Waals surface area (Å²) in [4.78, 5) is -2.59. The second-order valence-electron chi connectivity index (χ2n) is 7.51. The molecule has 0 amide bonds. The van der Waals surface area contributed by atoms with E-state index in [2.05, 4.69) is 16.8 Å². The third-order valence-electron chi connectivity index (χ3n) is 5.13. The van der Waals surface area contributed by atoms with E-state index in [1.807, 2.05) is 0 Å². The zero-order valence-corrected chi connectivity index (χ0v) is 21.4. The SMILES string of the molecule is C=C/C=C(/N=N\c1cc(S(=O)(=O)O)c(O)c2ccc(S(=O)(=O)O)c(O)c12)c1cc(S(=O)(=O)O)ccc1CN. The van der Waals surface area contributed by atoms with E-state index in [-0.39, 0.29) is 17.8 Å². The van der Waals surface area contributed by atoms with Gasteiger partial charge in [-0.2, -0.15) is 25.3 Å². The van der Waals surface area contributed by atoms with Gasteiger partial charge in [-0.3, -0.25) is 13.7 Å². The van der Waals surface area contributed by atoms with Crippen LogP contribution in [-0.2, 0) is 36.9 Å². The molecule has 3 aromatic carbocycles. The van der Waals surface area contributed by atoms with Gasteiger partial charge < -0.3 is 15.9 Å². The van der Waals surface area contributed by atoms with Gasteiger partial charge in [0.1, 0.15) is 21.3 Å². The van der Waals surface area contributed by atoms with Crippen LogP contribution in [0.3, 0.4) is 0 Å². The molecule has 0 fully saturated rings. The number of phenols is 2. The highest BCUT2D eigenvalue weighted by molar-refractivity contribution is 7.86. The Morgan fingerprint density at radius 2 is 1.50 bits per heavy atom. The molecule has 0 bridgehead atoms. The van der Waals surface area contributed by atoms with Crippen LogP contribution < -0.4 is 5.73 Å². The lowest BCUT2D eigenvalue weighted by atomic mass is 10.0. The van der Waals surface area contributed by atoms with Gasteiger partial charge in [-0.05, 0) is 42.0 Å². The van der Waals surface area contributed by atoms with E-state index in [0.717, 1.165) is 18.2 Å². The lowest BCUT2D eigenvalue weighted by Crippen LogP contribution is -2.04. The zero-order chi connectivity index (χ0) is 28.6. The molecule has 3 aromatic rings. The first-order chi connectivity index (χ1) is 17.5. The van der Waals surface area contributed by atoms with Crippen LogP contribution in [0.2, 0.25) is 0 Å². The van der Waals surface area contributed by atoms with E-state index in [0.29, 0.717) is 17.7 Å². The number of rotatable bonds is 8. The summed E-state index contributed by atoms with van der Waals surface area (Å²) in [6.45, 7) is 3.39. The number of benzene rings is 3. The van der Waals surface area contributed by atoms with Crippen LogP contribution in [0.25, 0.3) is 16.5 Å². The topological polar surface area (TPSA) is 254 Å². The van der Waals surface area contributed by atoms with Crippen LogP contribution in [-0.4, -0.2) is 49.1 Å². The standard InChI is InChI=1S/C21H19N3O11S3/c1-2-3-15(14-8-12(36(27,28)29)5-4-11(14)10-22)23-24-16-9-18(38(33,34)35)20(25)13-6-7-17(37(30,31)32)21(26)19(13)16/h2-9,25-26H,1,10,22H2,(H,27,28,29)(H,30,31,32)(H,33,34,35)/b15-3+,24-23-. The zero-order valence-electron chi connectivity index (χ0n) is 18.9. The van der Waals surface area contributed by atoms with Gasteiger partial charge in [0.05, 0.1) is 21.7 Å². The lowest BCUT2D eigenvalue weighted by molar-refractivity contribution is 0.441. The number of fused-ring (bicyclic) bond motifs is 1. The highest BCUT2D eigenvalue weighted by Crippen LogP contribution is 2.45. The minimum absolute atomic E-state index is 0.0483. The first-order valence-electron chi connectivity index (χ1n) is 10.0. The second-order valence-corrected chi connectivity index (χ2v) is 11.7. The van der Waals surface area contributed by atoms with Gasteiger partial charge in [0.2, 0.25) is 0 Å². The molecule has 0 atom stereocenters. The maximum Gasteiger partial charge on any atom is 0.298 e. The Kier molecular flexibility index (Phi) is 7.76. The molecule has 0 heterocycles. The van der Waals surface area contributed by atoms with Crippen molar-refractivity contribution in [3.05, 3.63) is 66.3 Å². The number of nitrogens with two attached hydrogens (primary N) is 1. The summed E-state index contributed by atoms with van der Waals surface area (Å²) in [5.74, 6) is -2.19. The molecule has 0 saturated heterocycles. The van der Waals surface area contributed by atoms with Crippen LogP contribution in [0.1, 0.15) is 11.1 Å². The van der Waals surface area contributed by atoms with Crippen molar-refractivity contribution in [1.29, 1.82) is 0 Å². The van der Waals surface area contributed by atoms with Crippen molar-refractivity contribution in [3.63, 3.8) is 0 Å². The predicted molar refractivity (Wildman–Crippen MR) is 134 cm³/mol. The number of phenolic OH excluding ortho intramolecular Hbond substituents is 2. The number of nitrogens with zero attached hydrogens (tertiary/aromatic N) is 2. The molecule has 0 aliphatic rings. The molecule has 38 heavy (non-hydrogen) atoms. The first kappa shape index (κ1) is 28.9. The fraction of sp³-hybridized carbons (Fsp3) is 0.0476. The fourth-order valence-electron chi connectivity index (χ4n) is 3.44. The fourth-order valence-corrected chi connectivity index (χ4v) is 5.15. The Morgan fingerprint density at radius 1 is 0.868 bits per heavy atom. The van der Waals surface area contributed by atoms with Gasteiger partial charge in [0, 0.05) is 17.5 Å². The largest absolute Gasteiger partial charge is 0.506 e. The summed E-state index contributed by atoms with van der Waals surface area (Å²) >= 11 is 0. The Labute approximate surface area is 216 Å². The Bertz CT molecular complexity index is 1860. The van der Waals surface area contributed by atoms with Crippen LogP contribution >= 0.6 is 0 Å². The minimum Gasteiger partial charge on any atom is -0.506 e. The number of hydrogen-bond acceptors (Lipinski definition) is 11.